The van der Waals surface area contributed by atoms with Gasteiger partial charge >= 0.3 is 0 Å². The first-order valence-corrected chi connectivity index (χ1v) is 8.13. The summed E-state index contributed by atoms with van der Waals surface area (Å²) in [7, 11) is 0. The minimum absolute atomic E-state index is 0.663. The number of benzene rings is 1. The molecule has 0 spiro atoms. The monoisotopic (exact) mass is 274 g/mol. The van der Waals surface area contributed by atoms with Crippen LogP contribution in [0.5, 0.6) is 0 Å². The first kappa shape index (κ1) is 13.1. The maximum Gasteiger partial charge on any atom is 0.108 e. The Morgan fingerprint density at radius 2 is 2.11 bits per heavy atom. The molecule has 2 nitrogen and oxygen atoms in total. The van der Waals surface area contributed by atoms with Gasteiger partial charge in [0.05, 0.1) is 10.2 Å². The molecular formula is C16H22N2S. The average Bonchev–Trinajstić information content (AvgIpc) is 2.83. The first-order valence-electron chi connectivity index (χ1n) is 7.32. The van der Waals surface area contributed by atoms with Crippen molar-refractivity contribution in [2.75, 3.05) is 0 Å². The number of aromatic nitrogens is 1. The van der Waals surface area contributed by atoms with Crippen LogP contribution in [0.25, 0.3) is 10.2 Å². The molecule has 0 saturated heterocycles. The van der Waals surface area contributed by atoms with Gasteiger partial charge in [0, 0.05) is 12.6 Å². The van der Waals surface area contributed by atoms with E-state index in [9.17, 15) is 0 Å². The third kappa shape index (κ3) is 2.82. The molecule has 1 aliphatic carbocycles. The van der Waals surface area contributed by atoms with Gasteiger partial charge in [-0.3, -0.25) is 0 Å². The fourth-order valence-corrected chi connectivity index (χ4v) is 4.00. The van der Waals surface area contributed by atoms with E-state index in [4.69, 9.17) is 4.98 Å². The molecule has 1 heterocycles. The Bertz CT molecular complexity index is 515. The number of nitrogens with one attached hydrogen (secondary N) is 1. The molecule has 2 aromatic rings. The van der Waals surface area contributed by atoms with Crippen LogP contribution in [0.3, 0.4) is 0 Å². The Kier molecular flexibility index (Phi) is 3.85. The Hall–Kier alpha value is -0.930. The summed E-state index contributed by atoms with van der Waals surface area (Å²) in [6.07, 6.45) is 4.07. The van der Waals surface area contributed by atoms with Crippen LogP contribution >= 0.6 is 11.3 Å². The van der Waals surface area contributed by atoms with Crippen molar-refractivity contribution in [1.82, 2.24) is 10.3 Å². The lowest BCUT2D eigenvalue weighted by Crippen LogP contribution is -2.40. The number of para-hydroxylation sites is 1. The molecule has 1 aromatic heterocycles. The van der Waals surface area contributed by atoms with Crippen molar-refractivity contribution < 1.29 is 0 Å². The second-order valence-electron chi connectivity index (χ2n) is 5.83. The fraction of sp³-hybridized carbons (Fsp3) is 0.562. The third-order valence-corrected chi connectivity index (χ3v) is 5.60. The van der Waals surface area contributed by atoms with E-state index in [1.54, 1.807) is 0 Å². The average molecular weight is 274 g/mol. The number of thiazole rings is 1. The van der Waals surface area contributed by atoms with Gasteiger partial charge in [-0.15, -0.1) is 11.3 Å². The zero-order valence-corrected chi connectivity index (χ0v) is 12.5. The van der Waals surface area contributed by atoms with Crippen molar-refractivity contribution in [3.05, 3.63) is 29.3 Å². The zero-order valence-electron chi connectivity index (χ0n) is 11.7. The second-order valence-corrected chi connectivity index (χ2v) is 6.95. The lowest BCUT2D eigenvalue weighted by molar-refractivity contribution is 0.206. The predicted octanol–water partition coefficient (Wildman–Crippen LogP) is 4.21. The summed E-state index contributed by atoms with van der Waals surface area (Å²) in [5.74, 6) is 1.63. The first-order chi connectivity index (χ1) is 9.24. The van der Waals surface area contributed by atoms with Crippen molar-refractivity contribution in [3.8, 4) is 0 Å². The Labute approximate surface area is 119 Å². The molecule has 3 rings (SSSR count). The molecule has 3 heteroatoms. The fourth-order valence-electron chi connectivity index (χ4n) is 3.08. The van der Waals surface area contributed by atoms with Crippen LogP contribution in [0.15, 0.2) is 24.3 Å². The van der Waals surface area contributed by atoms with Gasteiger partial charge in [-0.25, -0.2) is 4.98 Å². The van der Waals surface area contributed by atoms with Crippen LogP contribution in [-0.4, -0.2) is 11.0 Å². The molecule has 1 N–H and O–H groups in total. The van der Waals surface area contributed by atoms with Crippen LogP contribution in [0, 0.1) is 11.8 Å². The molecular weight excluding hydrogens is 252 g/mol. The summed E-state index contributed by atoms with van der Waals surface area (Å²) >= 11 is 1.81. The highest BCUT2D eigenvalue weighted by Gasteiger charge is 2.26. The van der Waals surface area contributed by atoms with E-state index >= 15 is 0 Å². The lowest BCUT2D eigenvalue weighted by atomic mass is 9.78. The number of fused-ring (bicyclic) bond motifs is 1. The Balaban J connectivity index is 1.65. The van der Waals surface area contributed by atoms with Crippen molar-refractivity contribution in [2.45, 2.75) is 45.7 Å². The van der Waals surface area contributed by atoms with Crippen LogP contribution < -0.4 is 5.32 Å². The highest BCUT2D eigenvalue weighted by Crippen LogP contribution is 2.30. The van der Waals surface area contributed by atoms with Crippen molar-refractivity contribution in [1.29, 1.82) is 0 Å². The summed E-state index contributed by atoms with van der Waals surface area (Å²) < 4.78 is 1.30. The number of hydrogen-bond acceptors (Lipinski definition) is 3. The molecule has 0 bridgehead atoms. The third-order valence-electron chi connectivity index (χ3n) is 4.56. The van der Waals surface area contributed by atoms with E-state index in [0.717, 1.165) is 23.9 Å². The molecule has 1 aliphatic rings. The number of hydrogen-bond donors (Lipinski definition) is 1. The molecule has 0 radical (unpaired) electrons. The van der Waals surface area contributed by atoms with Crippen LogP contribution in [-0.2, 0) is 6.54 Å². The molecule has 1 saturated carbocycles. The van der Waals surface area contributed by atoms with E-state index in [-0.39, 0.29) is 0 Å². The minimum atomic E-state index is 0.663. The molecule has 0 aliphatic heterocycles. The molecule has 1 fully saturated rings. The van der Waals surface area contributed by atoms with Crippen molar-refractivity contribution in [3.63, 3.8) is 0 Å². The quantitative estimate of drug-likeness (QED) is 0.907. The van der Waals surface area contributed by atoms with Gasteiger partial charge in [-0.1, -0.05) is 38.8 Å². The standard InChI is InChI=1S/C16H22N2S/c1-11-6-5-8-13(12(11)2)17-10-16-18-14-7-3-4-9-15(14)19-16/h3-4,7,9,11-13,17H,5-6,8,10H2,1-2H3. The van der Waals surface area contributed by atoms with Crippen molar-refractivity contribution in [2.24, 2.45) is 11.8 Å². The summed E-state index contributed by atoms with van der Waals surface area (Å²) in [6.45, 7) is 5.69. The minimum Gasteiger partial charge on any atom is -0.307 e. The van der Waals surface area contributed by atoms with Gasteiger partial charge in [0.25, 0.3) is 0 Å². The largest absolute Gasteiger partial charge is 0.307 e. The molecule has 1 aromatic carbocycles. The van der Waals surface area contributed by atoms with Gasteiger partial charge in [-0.05, 0) is 30.4 Å². The predicted molar refractivity (Wildman–Crippen MR) is 82.4 cm³/mol. The summed E-state index contributed by atoms with van der Waals surface area (Å²) in [6, 6.07) is 9.06. The van der Waals surface area contributed by atoms with Gasteiger partial charge < -0.3 is 5.32 Å². The normalized spacial score (nSPS) is 27.8. The molecule has 102 valence electrons. The maximum absolute atomic E-state index is 4.70. The molecule has 19 heavy (non-hydrogen) atoms. The van der Waals surface area contributed by atoms with Crippen LogP contribution in [0.1, 0.15) is 38.1 Å². The second kappa shape index (κ2) is 5.59. The summed E-state index contributed by atoms with van der Waals surface area (Å²) in [5, 5.41) is 4.94. The SMILES string of the molecule is CC1CCCC(NCc2nc3ccccc3s2)C1C. The van der Waals surface area contributed by atoms with E-state index in [0.29, 0.717) is 6.04 Å². The van der Waals surface area contributed by atoms with Crippen LogP contribution in [0.4, 0.5) is 0 Å². The van der Waals surface area contributed by atoms with E-state index in [1.165, 1.54) is 29.0 Å². The van der Waals surface area contributed by atoms with Crippen molar-refractivity contribution >= 4 is 21.6 Å². The van der Waals surface area contributed by atoms with E-state index < -0.39 is 0 Å². The highest BCUT2D eigenvalue weighted by molar-refractivity contribution is 7.18. The Morgan fingerprint density at radius 3 is 2.95 bits per heavy atom. The molecule has 3 unspecified atom stereocenters. The lowest BCUT2D eigenvalue weighted by Gasteiger charge is -2.34. The topological polar surface area (TPSA) is 24.9 Å². The van der Waals surface area contributed by atoms with Gasteiger partial charge in [0.15, 0.2) is 0 Å². The smallest absolute Gasteiger partial charge is 0.108 e. The maximum atomic E-state index is 4.70. The number of rotatable bonds is 3. The van der Waals surface area contributed by atoms with Crippen LogP contribution in [0.2, 0.25) is 0 Å². The van der Waals surface area contributed by atoms with Gasteiger partial charge in [0.2, 0.25) is 0 Å². The van der Waals surface area contributed by atoms with E-state index in [2.05, 4.69) is 43.4 Å². The van der Waals surface area contributed by atoms with Gasteiger partial charge in [0.1, 0.15) is 5.01 Å². The summed E-state index contributed by atoms with van der Waals surface area (Å²) in [5.41, 5.74) is 1.13. The van der Waals surface area contributed by atoms with Gasteiger partial charge in [-0.2, -0.15) is 0 Å². The Morgan fingerprint density at radius 1 is 1.26 bits per heavy atom. The zero-order chi connectivity index (χ0) is 13.2. The van der Waals surface area contributed by atoms with E-state index in [1.807, 2.05) is 11.3 Å². The highest BCUT2D eigenvalue weighted by atomic mass is 32.1. The summed E-state index contributed by atoms with van der Waals surface area (Å²) in [4.78, 5) is 4.70. The molecule has 0 amide bonds. The number of nitrogens with zero attached hydrogens (tertiary/aromatic N) is 1. The molecule has 3 atom stereocenters.